The van der Waals surface area contributed by atoms with Crippen molar-refractivity contribution >= 4 is 51.9 Å². The molecular weight excluding hydrogens is 396 g/mol. The quantitative estimate of drug-likeness (QED) is 0.571. The number of fused-ring (bicyclic) bond motifs is 1. The van der Waals surface area contributed by atoms with Crippen molar-refractivity contribution in [2.75, 3.05) is 24.7 Å². The second-order valence-corrected chi connectivity index (χ2v) is 7.70. The van der Waals surface area contributed by atoms with Gasteiger partial charge in [-0.3, -0.25) is 9.59 Å². The van der Waals surface area contributed by atoms with Gasteiger partial charge in [-0.25, -0.2) is 4.98 Å². The number of imidazole rings is 1. The van der Waals surface area contributed by atoms with E-state index in [1.807, 2.05) is 37.3 Å². The van der Waals surface area contributed by atoms with Gasteiger partial charge in [0.2, 0.25) is 11.8 Å². The molecule has 28 heavy (non-hydrogen) atoms. The number of hydrogen-bond acceptors (Lipinski definition) is 4. The molecule has 1 aromatic heterocycles. The largest absolute Gasteiger partial charge is 0.336 e. The minimum Gasteiger partial charge on any atom is -0.336 e. The monoisotopic (exact) mass is 416 g/mol. The van der Waals surface area contributed by atoms with E-state index in [9.17, 15) is 9.59 Å². The number of H-pyrrole nitrogens is 1. The number of aromatic amines is 1. The minimum absolute atomic E-state index is 0.00677. The maximum Gasteiger partial charge on any atom is 0.243 e. The lowest BCUT2D eigenvalue weighted by Crippen LogP contribution is -2.36. The average molecular weight is 417 g/mol. The first-order chi connectivity index (χ1) is 13.5. The molecule has 2 N–H and O–H groups in total. The zero-order valence-corrected chi connectivity index (χ0v) is 17.2. The maximum absolute atomic E-state index is 12.4. The summed E-state index contributed by atoms with van der Waals surface area (Å²) >= 11 is 7.26. The van der Waals surface area contributed by atoms with Gasteiger partial charge >= 0.3 is 0 Å². The molecule has 8 heteroatoms. The third-order valence-corrected chi connectivity index (χ3v) is 5.33. The first-order valence-electron chi connectivity index (χ1n) is 8.86. The molecule has 0 aliphatic heterocycles. The van der Waals surface area contributed by atoms with Gasteiger partial charge in [0.25, 0.3) is 0 Å². The predicted molar refractivity (Wildman–Crippen MR) is 114 cm³/mol. The van der Waals surface area contributed by atoms with Gasteiger partial charge in [-0.15, -0.1) is 0 Å². The molecule has 0 saturated carbocycles. The van der Waals surface area contributed by atoms with E-state index in [1.165, 1.54) is 16.7 Å². The van der Waals surface area contributed by atoms with Crippen LogP contribution in [0.15, 0.2) is 47.6 Å². The van der Waals surface area contributed by atoms with Gasteiger partial charge in [-0.1, -0.05) is 48.5 Å². The molecule has 0 radical (unpaired) electrons. The first-order valence-corrected chi connectivity index (χ1v) is 10.2. The Morgan fingerprint density at radius 1 is 1.25 bits per heavy atom. The van der Waals surface area contributed by atoms with Crippen LogP contribution in [0.1, 0.15) is 12.5 Å². The Bertz CT molecular complexity index is 1000. The Kier molecular flexibility index (Phi) is 6.59. The molecule has 1 heterocycles. The van der Waals surface area contributed by atoms with Crippen LogP contribution in [0.4, 0.5) is 5.69 Å². The van der Waals surface area contributed by atoms with Crippen molar-refractivity contribution in [1.82, 2.24) is 14.9 Å². The number of nitrogens with zero attached hydrogens (tertiary/aromatic N) is 2. The van der Waals surface area contributed by atoms with Crippen LogP contribution < -0.4 is 5.32 Å². The molecule has 0 atom stereocenters. The van der Waals surface area contributed by atoms with E-state index < -0.39 is 0 Å². The van der Waals surface area contributed by atoms with Crippen LogP contribution in [0.3, 0.4) is 0 Å². The minimum atomic E-state index is -0.222. The second kappa shape index (κ2) is 9.12. The van der Waals surface area contributed by atoms with Gasteiger partial charge in [-0.2, -0.15) is 0 Å². The molecule has 146 valence electrons. The van der Waals surface area contributed by atoms with E-state index in [0.29, 0.717) is 10.2 Å². The third-order valence-electron chi connectivity index (χ3n) is 4.23. The predicted octanol–water partition coefficient (Wildman–Crippen LogP) is 3.97. The summed E-state index contributed by atoms with van der Waals surface area (Å²) in [6.45, 7) is 2.02. The number of anilines is 1. The van der Waals surface area contributed by atoms with Crippen molar-refractivity contribution in [3.8, 4) is 0 Å². The topological polar surface area (TPSA) is 78.1 Å². The van der Waals surface area contributed by atoms with Crippen molar-refractivity contribution in [1.29, 1.82) is 0 Å². The normalized spacial score (nSPS) is 10.8. The van der Waals surface area contributed by atoms with Gasteiger partial charge < -0.3 is 15.2 Å². The van der Waals surface area contributed by atoms with Crippen LogP contribution >= 0.6 is 23.4 Å². The fraction of sp³-hybridized carbons (Fsp3) is 0.250. The summed E-state index contributed by atoms with van der Waals surface area (Å²) < 4.78 is 0. The molecule has 0 fully saturated rings. The van der Waals surface area contributed by atoms with E-state index in [0.717, 1.165) is 28.7 Å². The van der Waals surface area contributed by atoms with E-state index in [-0.39, 0.29) is 24.1 Å². The van der Waals surface area contributed by atoms with Crippen LogP contribution in [0.25, 0.3) is 11.0 Å². The number of rotatable bonds is 7. The molecule has 0 aliphatic carbocycles. The summed E-state index contributed by atoms with van der Waals surface area (Å²) in [5, 5.41) is 4.14. The van der Waals surface area contributed by atoms with Crippen LogP contribution in [0.5, 0.6) is 0 Å². The number of thioether (sulfide) groups is 1. The average Bonchev–Trinajstić information content (AvgIpc) is 3.08. The highest BCUT2D eigenvalue weighted by Crippen LogP contribution is 2.22. The fourth-order valence-corrected chi connectivity index (χ4v) is 3.71. The lowest BCUT2D eigenvalue weighted by atomic mass is 10.1. The molecule has 0 spiro atoms. The molecule has 2 aromatic carbocycles. The highest BCUT2D eigenvalue weighted by Gasteiger charge is 2.15. The molecule has 0 saturated heterocycles. The van der Waals surface area contributed by atoms with Crippen LogP contribution in [0.2, 0.25) is 5.02 Å². The number of aryl methyl sites for hydroxylation is 1. The molecule has 0 bridgehead atoms. The van der Waals surface area contributed by atoms with Crippen LogP contribution in [-0.4, -0.2) is 46.0 Å². The maximum atomic E-state index is 12.4. The smallest absolute Gasteiger partial charge is 0.243 e. The van der Waals surface area contributed by atoms with Crippen molar-refractivity contribution in [2.24, 2.45) is 0 Å². The number of benzene rings is 2. The van der Waals surface area contributed by atoms with E-state index in [1.54, 1.807) is 19.2 Å². The lowest BCUT2D eigenvalue weighted by Gasteiger charge is -2.17. The summed E-state index contributed by atoms with van der Waals surface area (Å²) in [4.78, 5) is 33.6. The van der Waals surface area contributed by atoms with Gasteiger partial charge in [0.1, 0.15) is 0 Å². The van der Waals surface area contributed by atoms with Crippen molar-refractivity contribution in [2.45, 2.75) is 18.5 Å². The lowest BCUT2D eigenvalue weighted by molar-refractivity contribution is -0.131. The number of carbonyl (C=O) groups is 2. The number of carbonyl (C=O) groups excluding carboxylic acids is 2. The summed E-state index contributed by atoms with van der Waals surface area (Å²) in [6.07, 6.45) is 0.824. The summed E-state index contributed by atoms with van der Waals surface area (Å²) in [7, 11) is 1.62. The molecule has 6 nitrogen and oxygen atoms in total. The number of aromatic nitrogens is 2. The zero-order chi connectivity index (χ0) is 20.1. The van der Waals surface area contributed by atoms with Crippen molar-refractivity contribution in [3.05, 3.63) is 53.1 Å². The summed E-state index contributed by atoms with van der Waals surface area (Å²) in [5.74, 6) is -0.189. The number of halogens is 1. The third kappa shape index (κ3) is 5.05. The van der Waals surface area contributed by atoms with Crippen molar-refractivity contribution in [3.63, 3.8) is 0 Å². The Morgan fingerprint density at radius 2 is 2.04 bits per heavy atom. The number of hydrogen-bond donors (Lipinski definition) is 2. The standard InChI is InChI=1S/C20H21ClN4O2S/c1-3-13-6-4-5-7-15(13)22-18(26)11-25(2)19(27)12-28-20-23-16-9-8-14(21)10-17(16)24-20/h4-10H,3,11-12H2,1-2H3,(H,22,26)(H,23,24). The number of para-hydroxylation sites is 1. The molecule has 0 unspecified atom stereocenters. The Labute approximate surface area is 172 Å². The van der Waals surface area contributed by atoms with Gasteiger partial charge in [-0.05, 0) is 36.2 Å². The summed E-state index contributed by atoms with van der Waals surface area (Å²) in [5.41, 5.74) is 3.46. The highest BCUT2D eigenvalue weighted by atomic mass is 35.5. The summed E-state index contributed by atoms with van der Waals surface area (Å²) in [6, 6.07) is 13.0. The van der Waals surface area contributed by atoms with Crippen LogP contribution in [-0.2, 0) is 16.0 Å². The van der Waals surface area contributed by atoms with Crippen molar-refractivity contribution < 1.29 is 9.59 Å². The van der Waals surface area contributed by atoms with Crippen LogP contribution in [0, 0.1) is 0 Å². The molecular formula is C20H21ClN4O2S. The fourth-order valence-electron chi connectivity index (χ4n) is 2.71. The van der Waals surface area contributed by atoms with Gasteiger partial charge in [0, 0.05) is 17.8 Å². The highest BCUT2D eigenvalue weighted by molar-refractivity contribution is 7.99. The Morgan fingerprint density at radius 3 is 2.82 bits per heavy atom. The first kappa shape index (κ1) is 20.2. The molecule has 0 aliphatic rings. The molecule has 3 rings (SSSR count). The van der Waals surface area contributed by atoms with Gasteiger partial charge in [0.05, 0.1) is 23.3 Å². The van der Waals surface area contributed by atoms with Gasteiger partial charge in [0.15, 0.2) is 5.16 Å². The van der Waals surface area contributed by atoms with E-state index in [4.69, 9.17) is 11.6 Å². The van der Waals surface area contributed by atoms with E-state index >= 15 is 0 Å². The van der Waals surface area contributed by atoms with E-state index in [2.05, 4.69) is 15.3 Å². The Hall–Kier alpha value is -2.51. The molecule has 3 aromatic rings. The SMILES string of the molecule is CCc1ccccc1NC(=O)CN(C)C(=O)CSc1nc2ccc(Cl)cc2[nH]1. The molecule has 2 amide bonds. The Balaban J connectivity index is 1.52. The number of likely N-dealkylation sites (N-methyl/N-ethyl adjacent to an activating group) is 1. The number of amides is 2. The number of nitrogens with one attached hydrogen (secondary N) is 2. The second-order valence-electron chi connectivity index (χ2n) is 6.30. The zero-order valence-electron chi connectivity index (χ0n) is 15.7.